The largest absolute Gasteiger partial charge is 0.369 e. The third-order valence-corrected chi connectivity index (χ3v) is 5.33. The van der Waals surface area contributed by atoms with Crippen LogP contribution in [0.25, 0.3) is 0 Å². The molecule has 7 heteroatoms. The Hall–Kier alpha value is -1.54. The van der Waals surface area contributed by atoms with Crippen molar-refractivity contribution in [2.75, 3.05) is 46.4 Å². The molecule has 0 aliphatic carbocycles. The van der Waals surface area contributed by atoms with E-state index in [-0.39, 0.29) is 17.6 Å². The van der Waals surface area contributed by atoms with Crippen LogP contribution in [0.2, 0.25) is 0 Å². The maximum atomic E-state index is 12.6. The van der Waals surface area contributed by atoms with Crippen LogP contribution in [0.3, 0.4) is 0 Å². The number of rotatable bonds is 3. The SMILES string of the molecule is CN1CC2(CN(Cc3ccncc3)C2)OCC1C(=O)N1CCCCO1. The number of carbonyl (C=O) groups is 1. The number of hydrogen-bond acceptors (Lipinski definition) is 6. The summed E-state index contributed by atoms with van der Waals surface area (Å²) >= 11 is 0. The lowest BCUT2D eigenvalue weighted by Crippen LogP contribution is -2.72. The third kappa shape index (κ3) is 3.55. The van der Waals surface area contributed by atoms with Gasteiger partial charge in [-0.15, -0.1) is 0 Å². The van der Waals surface area contributed by atoms with Crippen LogP contribution in [0.5, 0.6) is 0 Å². The normalized spacial score (nSPS) is 27.2. The average molecular weight is 346 g/mol. The molecule has 0 radical (unpaired) electrons. The monoisotopic (exact) mass is 346 g/mol. The van der Waals surface area contributed by atoms with E-state index in [2.05, 4.69) is 14.8 Å². The van der Waals surface area contributed by atoms with Crippen molar-refractivity contribution in [1.29, 1.82) is 0 Å². The fourth-order valence-electron chi connectivity index (χ4n) is 4.01. The number of morpholine rings is 1. The Labute approximate surface area is 148 Å². The highest BCUT2D eigenvalue weighted by Gasteiger charge is 2.50. The number of carbonyl (C=O) groups excluding carboxylic acids is 1. The van der Waals surface area contributed by atoms with Gasteiger partial charge in [0, 0.05) is 45.1 Å². The number of hydrogen-bond donors (Lipinski definition) is 0. The quantitative estimate of drug-likeness (QED) is 0.795. The average Bonchev–Trinajstić information content (AvgIpc) is 2.62. The Morgan fingerprint density at radius 1 is 1.28 bits per heavy atom. The molecule has 1 amide bonds. The molecule has 0 bridgehead atoms. The van der Waals surface area contributed by atoms with Crippen molar-refractivity contribution < 1.29 is 14.4 Å². The van der Waals surface area contributed by atoms with Crippen LogP contribution >= 0.6 is 0 Å². The van der Waals surface area contributed by atoms with E-state index >= 15 is 0 Å². The van der Waals surface area contributed by atoms with Crippen molar-refractivity contribution >= 4 is 5.91 Å². The molecule has 1 aromatic heterocycles. The second-order valence-corrected chi connectivity index (χ2v) is 7.41. The first-order chi connectivity index (χ1) is 12.2. The van der Waals surface area contributed by atoms with Crippen molar-refractivity contribution in [3.63, 3.8) is 0 Å². The van der Waals surface area contributed by atoms with E-state index in [1.165, 1.54) is 10.6 Å². The van der Waals surface area contributed by atoms with Crippen molar-refractivity contribution in [3.8, 4) is 0 Å². The lowest BCUT2D eigenvalue weighted by molar-refractivity contribution is -0.224. The minimum atomic E-state index is -0.238. The molecule has 3 fully saturated rings. The summed E-state index contributed by atoms with van der Waals surface area (Å²) in [4.78, 5) is 26.7. The molecular formula is C18H26N4O3. The Kier molecular flexibility index (Phi) is 4.73. The van der Waals surface area contributed by atoms with Crippen LogP contribution < -0.4 is 0 Å². The highest BCUT2D eigenvalue weighted by molar-refractivity contribution is 5.81. The van der Waals surface area contributed by atoms with E-state index in [1.54, 1.807) is 0 Å². The van der Waals surface area contributed by atoms with Crippen molar-refractivity contribution in [1.82, 2.24) is 19.8 Å². The van der Waals surface area contributed by atoms with E-state index in [1.807, 2.05) is 31.6 Å². The van der Waals surface area contributed by atoms with Crippen LogP contribution in [0, 0.1) is 0 Å². The van der Waals surface area contributed by atoms with E-state index in [0.717, 1.165) is 39.0 Å². The highest BCUT2D eigenvalue weighted by atomic mass is 16.7. The zero-order valence-corrected chi connectivity index (χ0v) is 14.8. The summed E-state index contributed by atoms with van der Waals surface area (Å²) in [5.74, 6) is 0.0324. The number of hydroxylamine groups is 2. The maximum absolute atomic E-state index is 12.6. The summed E-state index contributed by atoms with van der Waals surface area (Å²) in [6, 6.07) is 3.86. The predicted octanol–water partition coefficient (Wildman–Crippen LogP) is 0.521. The van der Waals surface area contributed by atoms with Crippen molar-refractivity contribution in [2.24, 2.45) is 0 Å². The minimum absolute atomic E-state index is 0.0324. The first kappa shape index (κ1) is 16.9. The maximum Gasteiger partial charge on any atom is 0.265 e. The number of ether oxygens (including phenoxy) is 1. The van der Waals surface area contributed by atoms with Gasteiger partial charge in [0.1, 0.15) is 11.6 Å². The van der Waals surface area contributed by atoms with Gasteiger partial charge in [-0.05, 0) is 37.6 Å². The molecule has 136 valence electrons. The summed E-state index contributed by atoms with van der Waals surface area (Å²) in [5.41, 5.74) is 1.13. The predicted molar refractivity (Wildman–Crippen MR) is 91.5 cm³/mol. The number of likely N-dealkylation sites (tertiary alicyclic amines) is 1. The molecular weight excluding hydrogens is 320 g/mol. The Balaban J connectivity index is 1.29. The van der Waals surface area contributed by atoms with E-state index < -0.39 is 0 Å². The van der Waals surface area contributed by atoms with Gasteiger partial charge >= 0.3 is 0 Å². The summed E-state index contributed by atoms with van der Waals surface area (Å²) in [7, 11) is 2.02. The molecule has 3 aliphatic rings. The zero-order chi connectivity index (χ0) is 17.3. The van der Waals surface area contributed by atoms with Gasteiger partial charge < -0.3 is 4.74 Å². The fraction of sp³-hybridized carbons (Fsp3) is 0.667. The smallest absolute Gasteiger partial charge is 0.265 e. The van der Waals surface area contributed by atoms with Crippen molar-refractivity contribution in [2.45, 2.75) is 31.0 Å². The molecule has 3 saturated heterocycles. The molecule has 4 rings (SSSR count). The lowest BCUT2D eigenvalue weighted by Gasteiger charge is -2.55. The van der Waals surface area contributed by atoms with Crippen LogP contribution in [-0.2, 0) is 20.9 Å². The van der Waals surface area contributed by atoms with Crippen LogP contribution in [0.4, 0.5) is 0 Å². The molecule has 1 unspecified atom stereocenters. The van der Waals surface area contributed by atoms with E-state index in [9.17, 15) is 4.79 Å². The van der Waals surface area contributed by atoms with Gasteiger partial charge in [-0.1, -0.05) is 0 Å². The molecule has 4 heterocycles. The summed E-state index contributed by atoms with van der Waals surface area (Å²) in [6.45, 7) is 5.27. The topological polar surface area (TPSA) is 58.1 Å². The molecule has 0 N–H and O–H groups in total. The lowest BCUT2D eigenvalue weighted by atomic mass is 9.90. The number of aromatic nitrogens is 1. The van der Waals surface area contributed by atoms with Gasteiger partial charge in [-0.25, -0.2) is 5.06 Å². The van der Waals surface area contributed by atoms with Gasteiger partial charge in [-0.3, -0.25) is 24.4 Å². The van der Waals surface area contributed by atoms with E-state index in [4.69, 9.17) is 9.57 Å². The third-order valence-electron chi connectivity index (χ3n) is 5.33. The van der Waals surface area contributed by atoms with Gasteiger partial charge in [-0.2, -0.15) is 0 Å². The molecule has 25 heavy (non-hydrogen) atoms. The summed E-state index contributed by atoms with van der Waals surface area (Å²) < 4.78 is 6.17. The Bertz CT molecular complexity index is 600. The first-order valence-corrected chi connectivity index (χ1v) is 9.05. The van der Waals surface area contributed by atoms with Gasteiger partial charge in [0.2, 0.25) is 0 Å². The van der Waals surface area contributed by atoms with Gasteiger partial charge in [0.15, 0.2) is 0 Å². The number of nitrogens with zero attached hydrogens (tertiary/aromatic N) is 4. The van der Waals surface area contributed by atoms with E-state index in [0.29, 0.717) is 19.8 Å². The fourth-order valence-corrected chi connectivity index (χ4v) is 4.01. The van der Waals surface area contributed by atoms with Crippen molar-refractivity contribution in [3.05, 3.63) is 30.1 Å². The number of amides is 1. The van der Waals surface area contributed by atoms with Gasteiger partial charge in [0.05, 0.1) is 13.2 Å². The molecule has 0 saturated carbocycles. The standard InChI is InChI=1S/C18H26N4O3/c1-20-12-18(13-21(14-18)10-15-4-6-19-7-5-15)24-11-16(20)17(23)22-8-2-3-9-25-22/h4-7,16H,2-3,8-14H2,1H3. The highest BCUT2D eigenvalue weighted by Crippen LogP contribution is 2.32. The van der Waals surface area contributed by atoms with Crippen LogP contribution in [-0.4, -0.2) is 83.8 Å². The molecule has 1 spiro atoms. The summed E-state index contributed by atoms with van der Waals surface area (Å²) in [5, 5.41) is 1.53. The molecule has 0 aromatic carbocycles. The number of pyridine rings is 1. The Morgan fingerprint density at radius 3 is 2.76 bits per heavy atom. The first-order valence-electron chi connectivity index (χ1n) is 9.05. The Morgan fingerprint density at radius 2 is 2.08 bits per heavy atom. The van der Waals surface area contributed by atoms with Gasteiger partial charge in [0.25, 0.3) is 5.91 Å². The second-order valence-electron chi connectivity index (χ2n) is 7.41. The number of likely N-dealkylation sites (N-methyl/N-ethyl adjacent to an activating group) is 1. The zero-order valence-electron chi connectivity index (χ0n) is 14.8. The molecule has 1 aromatic rings. The molecule has 3 aliphatic heterocycles. The van der Waals surface area contributed by atoms with Crippen LogP contribution in [0.1, 0.15) is 18.4 Å². The summed E-state index contributed by atoms with van der Waals surface area (Å²) in [6.07, 6.45) is 5.69. The minimum Gasteiger partial charge on any atom is -0.369 e. The van der Waals surface area contributed by atoms with Crippen LogP contribution in [0.15, 0.2) is 24.5 Å². The molecule has 1 atom stereocenters. The second kappa shape index (κ2) is 6.99. The molecule has 7 nitrogen and oxygen atoms in total.